The molecule has 6 heteroatoms. The summed E-state index contributed by atoms with van der Waals surface area (Å²) in [6, 6.07) is 23.6. The summed E-state index contributed by atoms with van der Waals surface area (Å²) >= 11 is 0. The van der Waals surface area contributed by atoms with Gasteiger partial charge in [-0.25, -0.2) is 4.57 Å². The van der Waals surface area contributed by atoms with E-state index in [1.165, 1.54) is 6.07 Å². The average Bonchev–Trinajstić information content (AvgIpc) is 2.72. The number of benzene rings is 4. The van der Waals surface area contributed by atoms with E-state index in [1.54, 1.807) is 78.9 Å². The summed E-state index contributed by atoms with van der Waals surface area (Å²) in [5.74, 6) is 0.252. The molecule has 0 saturated carbocycles. The minimum Gasteiger partial charge on any atom is -0.507 e. The maximum absolute atomic E-state index is 13.9. The molecule has 5 nitrogen and oxygen atoms in total. The Morgan fingerprint density at radius 2 is 1.28 bits per heavy atom. The Kier molecular flexibility index (Phi) is 4.91. The van der Waals surface area contributed by atoms with Crippen LogP contribution in [0.25, 0.3) is 10.8 Å². The Hall–Kier alpha value is -3.43. The van der Waals surface area contributed by atoms with Crippen molar-refractivity contribution in [2.75, 3.05) is 0 Å². The molecule has 29 heavy (non-hydrogen) atoms. The van der Waals surface area contributed by atoms with E-state index in [9.17, 15) is 14.8 Å². The number of fused-ring (bicyclic) bond motifs is 1. The molecule has 0 heterocycles. The van der Waals surface area contributed by atoms with Crippen LogP contribution in [-0.4, -0.2) is 10.2 Å². The second-order valence-electron chi connectivity index (χ2n) is 6.62. The Balaban J connectivity index is 1.90. The first-order valence-corrected chi connectivity index (χ1v) is 10.6. The van der Waals surface area contributed by atoms with E-state index in [2.05, 4.69) is 0 Å². The van der Waals surface area contributed by atoms with Crippen LogP contribution in [0.1, 0.15) is 5.56 Å². The second kappa shape index (κ2) is 7.53. The molecule has 0 aliphatic heterocycles. The fourth-order valence-electron chi connectivity index (χ4n) is 3.06. The van der Waals surface area contributed by atoms with Gasteiger partial charge in [0.15, 0.2) is 0 Å². The standard InChI is InChI=1S/C23H19O5P/c1-16-12-13-19-20(14-16)21(24)15-22(23(19)25)29(26,27-17-8-4-2-5-9-17)28-18-10-6-3-7-11-18/h2-15,24-25H,1H3. The van der Waals surface area contributed by atoms with Crippen molar-refractivity contribution in [2.24, 2.45) is 0 Å². The molecule has 0 aromatic heterocycles. The van der Waals surface area contributed by atoms with E-state index < -0.39 is 7.60 Å². The van der Waals surface area contributed by atoms with Gasteiger partial charge in [0.05, 0.1) is 0 Å². The molecule has 0 aliphatic rings. The zero-order valence-electron chi connectivity index (χ0n) is 15.6. The highest BCUT2D eigenvalue weighted by Gasteiger charge is 2.36. The number of hydrogen-bond donors (Lipinski definition) is 2. The van der Waals surface area contributed by atoms with Gasteiger partial charge in [-0.05, 0) is 37.3 Å². The minimum absolute atomic E-state index is 0.112. The first-order chi connectivity index (χ1) is 14.0. The van der Waals surface area contributed by atoms with Gasteiger partial charge >= 0.3 is 7.60 Å². The molecule has 4 aromatic carbocycles. The predicted octanol–water partition coefficient (Wildman–Crippen LogP) is 5.54. The smallest absolute Gasteiger partial charge is 0.466 e. The maximum atomic E-state index is 13.9. The molecule has 0 radical (unpaired) electrons. The summed E-state index contributed by atoms with van der Waals surface area (Å²) in [7, 11) is -4.11. The molecular formula is C23H19O5P. The number of hydrogen-bond acceptors (Lipinski definition) is 5. The quantitative estimate of drug-likeness (QED) is 0.336. The monoisotopic (exact) mass is 406 g/mol. The van der Waals surface area contributed by atoms with Crippen molar-refractivity contribution in [3.63, 3.8) is 0 Å². The van der Waals surface area contributed by atoms with E-state index in [0.29, 0.717) is 22.3 Å². The van der Waals surface area contributed by atoms with Crippen LogP contribution in [-0.2, 0) is 4.57 Å². The van der Waals surface area contributed by atoms with Gasteiger partial charge in [0.1, 0.15) is 28.3 Å². The van der Waals surface area contributed by atoms with Crippen LogP contribution < -0.4 is 14.4 Å². The van der Waals surface area contributed by atoms with Gasteiger partial charge in [-0.2, -0.15) is 0 Å². The molecule has 0 unspecified atom stereocenters. The summed E-state index contributed by atoms with van der Waals surface area (Å²) < 4.78 is 25.4. The third-order valence-corrected chi connectivity index (χ3v) is 6.29. The molecule has 0 amide bonds. The molecule has 0 aliphatic carbocycles. The van der Waals surface area contributed by atoms with Crippen LogP contribution in [0.3, 0.4) is 0 Å². The molecule has 0 saturated heterocycles. The molecular weight excluding hydrogens is 387 g/mol. The Morgan fingerprint density at radius 3 is 1.83 bits per heavy atom. The largest absolute Gasteiger partial charge is 0.507 e. The van der Waals surface area contributed by atoms with Crippen molar-refractivity contribution >= 4 is 23.7 Å². The van der Waals surface area contributed by atoms with Crippen molar-refractivity contribution in [3.8, 4) is 23.0 Å². The van der Waals surface area contributed by atoms with Crippen molar-refractivity contribution in [1.82, 2.24) is 0 Å². The SMILES string of the molecule is Cc1ccc2c(O)c(P(=O)(Oc3ccccc3)Oc3ccccc3)cc(O)c2c1. The molecule has 146 valence electrons. The lowest BCUT2D eigenvalue weighted by Crippen LogP contribution is -2.15. The third-order valence-electron chi connectivity index (χ3n) is 4.45. The van der Waals surface area contributed by atoms with Gasteiger partial charge in [-0.15, -0.1) is 0 Å². The van der Waals surface area contributed by atoms with Gasteiger partial charge in [-0.1, -0.05) is 54.1 Å². The summed E-state index contributed by atoms with van der Waals surface area (Å²) in [6.45, 7) is 1.88. The average molecular weight is 406 g/mol. The first kappa shape index (κ1) is 18.9. The Morgan fingerprint density at radius 1 is 0.724 bits per heavy atom. The van der Waals surface area contributed by atoms with Gasteiger partial charge < -0.3 is 19.3 Å². The number of phenolic OH excluding ortho intramolecular Hbond substituents is 2. The fourth-order valence-corrected chi connectivity index (χ4v) is 4.75. The minimum atomic E-state index is -4.11. The lowest BCUT2D eigenvalue weighted by Gasteiger charge is -2.22. The topological polar surface area (TPSA) is 76.0 Å². The first-order valence-electron chi connectivity index (χ1n) is 9.01. The van der Waals surface area contributed by atoms with E-state index in [-0.39, 0.29) is 16.8 Å². The summed E-state index contributed by atoms with van der Waals surface area (Å²) in [5.41, 5.74) is 0.921. The van der Waals surface area contributed by atoms with Crippen molar-refractivity contribution < 1.29 is 23.8 Å². The van der Waals surface area contributed by atoms with Crippen LogP contribution >= 0.6 is 7.60 Å². The third kappa shape index (κ3) is 3.78. The molecule has 0 fully saturated rings. The van der Waals surface area contributed by atoms with Crippen LogP contribution in [0.4, 0.5) is 0 Å². The van der Waals surface area contributed by atoms with E-state index >= 15 is 0 Å². The Bertz CT molecular complexity index is 1160. The van der Waals surface area contributed by atoms with E-state index in [4.69, 9.17) is 9.05 Å². The number of aromatic hydroxyl groups is 2. The normalized spacial score (nSPS) is 11.3. The highest BCUT2D eigenvalue weighted by Crippen LogP contribution is 2.51. The number of rotatable bonds is 5. The summed E-state index contributed by atoms with van der Waals surface area (Å²) in [4.78, 5) is 0. The number of aryl methyl sites for hydroxylation is 1. The fraction of sp³-hybridized carbons (Fsp3) is 0.0435. The zero-order valence-corrected chi connectivity index (χ0v) is 16.5. The van der Waals surface area contributed by atoms with Gasteiger partial charge in [-0.3, -0.25) is 0 Å². The highest BCUT2D eigenvalue weighted by molar-refractivity contribution is 7.63. The summed E-state index contributed by atoms with van der Waals surface area (Å²) in [6.07, 6.45) is 0. The summed E-state index contributed by atoms with van der Waals surface area (Å²) in [5, 5.41) is 22.2. The maximum Gasteiger partial charge on any atom is 0.466 e. The second-order valence-corrected chi connectivity index (χ2v) is 8.46. The Labute approximate surface area is 168 Å². The van der Waals surface area contributed by atoms with Crippen LogP contribution in [0.15, 0.2) is 84.9 Å². The molecule has 4 rings (SSSR count). The number of phenols is 2. The molecule has 4 aromatic rings. The molecule has 2 N–H and O–H groups in total. The molecule has 0 spiro atoms. The van der Waals surface area contributed by atoms with Crippen LogP contribution in [0.2, 0.25) is 0 Å². The highest BCUT2D eigenvalue weighted by atomic mass is 31.2. The van der Waals surface area contributed by atoms with Gasteiger partial charge in [0, 0.05) is 16.8 Å². The van der Waals surface area contributed by atoms with Crippen molar-refractivity contribution in [1.29, 1.82) is 0 Å². The number of para-hydroxylation sites is 2. The predicted molar refractivity (Wildman–Crippen MR) is 113 cm³/mol. The van der Waals surface area contributed by atoms with Crippen molar-refractivity contribution in [3.05, 3.63) is 90.5 Å². The lowest BCUT2D eigenvalue weighted by molar-refractivity contribution is 0.396. The zero-order chi connectivity index (χ0) is 20.4. The van der Waals surface area contributed by atoms with Crippen LogP contribution in [0, 0.1) is 6.92 Å². The van der Waals surface area contributed by atoms with Gasteiger partial charge in [0.25, 0.3) is 0 Å². The molecule has 0 atom stereocenters. The van der Waals surface area contributed by atoms with Gasteiger partial charge in [0.2, 0.25) is 0 Å². The molecule has 0 bridgehead atoms. The van der Waals surface area contributed by atoms with E-state index in [1.807, 2.05) is 6.92 Å². The van der Waals surface area contributed by atoms with Crippen molar-refractivity contribution in [2.45, 2.75) is 6.92 Å². The lowest BCUT2D eigenvalue weighted by atomic mass is 10.1. The van der Waals surface area contributed by atoms with E-state index in [0.717, 1.165) is 5.56 Å². The van der Waals surface area contributed by atoms with Crippen LogP contribution in [0.5, 0.6) is 23.0 Å².